The second-order valence-electron chi connectivity index (χ2n) is 8.72. The molecule has 1 aromatic carbocycles. The van der Waals surface area contributed by atoms with Gasteiger partial charge >= 0.3 is 7.60 Å². The van der Waals surface area contributed by atoms with Crippen molar-refractivity contribution in [1.29, 1.82) is 0 Å². The number of rotatable bonds is 7. The molecule has 0 bridgehead atoms. The van der Waals surface area contributed by atoms with Gasteiger partial charge in [-0.15, -0.1) is 0 Å². The van der Waals surface area contributed by atoms with E-state index < -0.39 is 49.9 Å². The number of carbonyl (C=O) groups is 3. The molecule has 1 aliphatic heterocycles. The number of halogens is 3. The molecule has 15 heteroatoms. The van der Waals surface area contributed by atoms with E-state index >= 15 is 0 Å². The number of fused-ring (bicyclic) bond motifs is 1. The van der Waals surface area contributed by atoms with Gasteiger partial charge in [-0.05, 0) is 31.0 Å². The minimum absolute atomic E-state index is 0.0448. The molecule has 2 aliphatic rings. The Morgan fingerprint density at radius 1 is 1.30 bits per heavy atom. The minimum atomic E-state index is -4.67. The Kier molecular flexibility index (Phi) is 7.52. The van der Waals surface area contributed by atoms with E-state index in [9.17, 15) is 37.5 Å². The second kappa shape index (κ2) is 10.3. The van der Waals surface area contributed by atoms with E-state index in [4.69, 9.17) is 17.3 Å². The highest BCUT2D eigenvalue weighted by Crippen LogP contribution is 2.35. The van der Waals surface area contributed by atoms with Gasteiger partial charge in [0.15, 0.2) is 5.69 Å². The fourth-order valence-electron chi connectivity index (χ4n) is 4.37. The summed E-state index contributed by atoms with van der Waals surface area (Å²) in [4.78, 5) is 57.8. The van der Waals surface area contributed by atoms with Crippen LogP contribution in [0.4, 0.5) is 8.78 Å². The van der Waals surface area contributed by atoms with Crippen molar-refractivity contribution in [2.24, 2.45) is 5.73 Å². The van der Waals surface area contributed by atoms with Crippen molar-refractivity contribution in [3.63, 3.8) is 0 Å². The summed E-state index contributed by atoms with van der Waals surface area (Å²) in [5.74, 6) is -2.97. The summed E-state index contributed by atoms with van der Waals surface area (Å²) in [5, 5.41) is 6.36. The number of allylic oxidation sites excluding steroid dienone is 2. The van der Waals surface area contributed by atoms with Gasteiger partial charge in [0, 0.05) is 23.9 Å². The molecule has 1 saturated heterocycles. The van der Waals surface area contributed by atoms with Gasteiger partial charge in [-0.1, -0.05) is 17.7 Å². The minimum Gasteiger partial charge on any atom is -0.364 e. The van der Waals surface area contributed by atoms with Crippen LogP contribution >= 0.6 is 19.2 Å². The van der Waals surface area contributed by atoms with Crippen LogP contribution in [0.1, 0.15) is 29.8 Å². The largest absolute Gasteiger partial charge is 0.364 e. The summed E-state index contributed by atoms with van der Waals surface area (Å²) >= 11 is 5.83. The van der Waals surface area contributed by atoms with Gasteiger partial charge in [0.1, 0.15) is 24.6 Å². The Morgan fingerprint density at radius 2 is 2.03 bits per heavy atom. The van der Waals surface area contributed by atoms with Crippen molar-refractivity contribution in [2.75, 3.05) is 13.1 Å². The monoisotopic (exact) mass is 557 g/mol. The Balaban J connectivity index is 1.55. The molecule has 1 fully saturated rings. The van der Waals surface area contributed by atoms with Crippen LogP contribution in [0.5, 0.6) is 0 Å². The molecular formula is C22H23ClF2N5O6P. The third-order valence-corrected chi connectivity index (χ3v) is 7.50. The summed E-state index contributed by atoms with van der Waals surface area (Å²) in [7, 11) is -4.67. The van der Waals surface area contributed by atoms with E-state index in [1.165, 1.54) is 6.07 Å². The van der Waals surface area contributed by atoms with E-state index in [0.717, 1.165) is 21.7 Å². The number of hydrogen-bond acceptors (Lipinski definition) is 5. The van der Waals surface area contributed by atoms with Gasteiger partial charge in [-0.3, -0.25) is 23.6 Å². The topological polar surface area (TPSA) is 168 Å². The second-order valence-corrected chi connectivity index (χ2v) is 10.8. The predicted octanol–water partition coefficient (Wildman–Crippen LogP) is 1.13. The van der Waals surface area contributed by atoms with E-state index in [1.807, 2.05) is 0 Å². The highest BCUT2D eigenvalue weighted by molar-refractivity contribution is 7.60. The lowest BCUT2D eigenvalue weighted by Crippen LogP contribution is -2.47. The first-order chi connectivity index (χ1) is 17.4. The van der Waals surface area contributed by atoms with Gasteiger partial charge in [0.25, 0.3) is 5.91 Å². The molecule has 0 unspecified atom stereocenters. The first-order valence-electron chi connectivity index (χ1n) is 11.2. The maximum Gasteiger partial charge on any atom is 0.356 e. The molecule has 37 heavy (non-hydrogen) atoms. The van der Waals surface area contributed by atoms with Crippen molar-refractivity contribution < 1.29 is 37.5 Å². The average Bonchev–Trinajstić information content (AvgIpc) is 3.40. The third kappa shape index (κ3) is 5.59. The van der Waals surface area contributed by atoms with Crippen LogP contribution in [-0.2, 0) is 20.7 Å². The molecule has 198 valence electrons. The summed E-state index contributed by atoms with van der Waals surface area (Å²) in [5.41, 5.74) is 5.37. The van der Waals surface area contributed by atoms with E-state index in [1.54, 1.807) is 6.08 Å². The van der Waals surface area contributed by atoms with E-state index in [2.05, 4.69) is 10.4 Å². The van der Waals surface area contributed by atoms with Crippen LogP contribution in [0.3, 0.4) is 0 Å². The van der Waals surface area contributed by atoms with Crippen LogP contribution in [0.2, 0.25) is 0 Å². The first-order valence-corrected chi connectivity index (χ1v) is 13.2. The number of hydrogen-bond donors (Lipinski definition) is 4. The molecule has 0 radical (unpaired) electrons. The van der Waals surface area contributed by atoms with Gasteiger partial charge in [-0.2, -0.15) is 5.10 Å². The number of nitrogens with two attached hydrogens (primary N) is 1. The number of carbonyl (C=O) groups excluding carboxylic acids is 3. The number of nitrogens with zero attached hydrogens (tertiary/aromatic N) is 3. The molecular weight excluding hydrogens is 535 g/mol. The predicted molar refractivity (Wildman–Crippen MR) is 129 cm³/mol. The average molecular weight is 558 g/mol. The normalized spacial score (nSPS) is 20.4. The fourth-order valence-corrected chi connectivity index (χ4v) is 5.16. The Labute approximate surface area is 214 Å². The van der Waals surface area contributed by atoms with Gasteiger partial charge in [0.05, 0.1) is 22.4 Å². The number of nitrogens with one attached hydrogen (secondary N) is 1. The quantitative estimate of drug-likeness (QED) is 0.370. The Bertz CT molecular complexity index is 1400. The smallest absolute Gasteiger partial charge is 0.356 e. The molecule has 5 N–H and O–H groups in total. The zero-order valence-electron chi connectivity index (χ0n) is 19.2. The molecule has 1 aliphatic carbocycles. The SMILES string of the molecule is NC(=O)c1nn(CC(=O)N2C[C@H](F)C[C@H]2C(=O)NCC2=CCCC(Cl)=C2F)c2cc(P(=O)(O)O)ccc12. The fraction of sp³-hybridized carbons (Fsp3) is 0.364. The summed E-state index contributed by atoms with van der Waals surface area (Å²) in [6, 6.07) is 2.27. The van der Waals surface area contributed by atoms with Crippen LogP contribution in [0.15, 0.2) is 40.7 Å². The number of aromatic nitrogens is 2. The van der Waals surface area contributed by atoms with Crippen LogP contribution in [-0.4, -0.2) is 67.5 Å². The summed E-state index contributed by atoms with van der Waals surface area (Å²) in [6.45, 7) is -1.13. The molecule has 2 heterocycles. The van der Waals surface area contributed by atoms with Crippen molar-refractivity contribution in [3.8, 4) is 0 Å². The number of alkyl halides is 1. The Morgan fingerprint density at radius 3 is 2.70 bits per heavy atom. The summed E-state index contributed by atoms with van der Waals surface area (Å²) in [6.07, 6.45) is 0.699. The Hall–Kier alpha value is -3.12. The molecule has 3 amide bonds. The summed E-state index contributed by atoms with van der Waals surface area (Å²) < 4.78 is 41.2. The maximum atomic E-state index is 14.3. The number of primary amides is 1. The first kappa shape index (κ1) is 26.9. The van der Waals surface area contributed by atoms with Gasteiger partial charge in [0.2, 0.25) is 11.8 Å². The molecule has 2 aromatic rings. The zero-order valence-corrected chi connectivity index (χ0v) is 20.9. The van der Waals surface area contributed by atoms with Crippen LogP contribution < -0.4 is 16.4 Å². The lowest BCUT2D eigenvalue weighted by atomic mass is 10.1. The lowest BCUT2D eigenvalue weighted by molar-refractivity contribution is -0.139. The molecule has 2 atom stereocenters. The van der Waals surface area contributed by atoms with E-state index in [0.29, 0.717) is 12.8 Å². The molecule has 4 rings (SSSR count). The van der Waals surface area contributed by atoms with Crippen molar-refractivity contribution in [1.82, 2.24) is 20.0 Å². The van der Waals surface area contributed by atoms with Crippen LogP contribution in [0.25, 0.3) is 10.9 Å². The van der Waals surface area contributed by atoms with Crippen molar-refractivity contribution in [3.05, 3.63) is 46.4 Å². The standard InChI is InChI=1S/C22H23ClF2N5O6P/c23-15-3-1-2-11(19(15)25)8-27-22(33)17-6-12(24)9-29(17)18(31)10-30-16-7-13(37(34,35)36)4-5-14(16)20(28-30)21(26)32/h2,4-5,7,12,17H,1,3,6,8-10H2,(H2,26,32)(H,27,33)(H2,34,35,36)/t12-,17+/m1/s1. The highest BCUT2D eigenvalue weighted by Gasteiger charge is 2.40. The van der Waals surface area contributed by atoms with Crippen LogP contribution in [0, 0.1) is 0 Å². The molecule has 0 spiro atoms. The molecule has 1 aromatic heterocycles. The van der Waals surface area contributed by atoms with Gasteiger partial charge < -0.3 is 25.7 Å². The third-order valence-electron chi connectivity index (χ3n) is 6.19. The number of likely N-dealkylation sites (tertiary alicyclic amines) is 1. The molecule has 11 nitrogen and oxygen atoms in total. The lowest BCUT2D eigenvalue weighted by Gasteiger charge is -2.24. The number of amides is 3. The highest BCUT2D eigenvalue weighted by atomic mass is 35.5. The zero-order chi connectivity index (χ0) is 27.1. The maximum absolute atomic E-state index is 14.3. The number of benzene rings is 1. The van der Waals surface area contributed by atoms with Gasteiger partial charge in [-0.25, -0.2) is 8.78 Å². The molecule has 0 saturated carbocycles. The van der Waals surface area contributed by atoms with Crippen molar-refractivity contribution in [2.45, 2.75) is 38.0 Å². The van der Waals surface area contributed by atoms with E-state index in [-0.39, 0.29) is 52.0 Å². The van der Waals surface area contributed by atoms with Crippen molar-refractivity contribution >= 4 is 53.1 Å².